The second-order valence-electron chi connectivity index (χ2n) is 4.84. The van der Waals surface area contributed by atoms with Crippen molar-refractivity contribution in [1.29, 1.82) is 0 Å². The minimum absolute atomic E-state index is 0.0894. The molecule has 1 rings (SSSR count). The molecule has 1 fully saturated rings. The van der Waals surface area contributed by atoms with Gasteiger partial charge >= 0.3 is 6.03 Å². The van der Waals surface area contributed by atoms with Crippen molar-refractivity contribution in [2.75, 3.05) is 26.2 Å². The lowest BCUT2D eigenvalue weighted by Gasteiger charge is -2.34. The van der Waals surface area contributed by atoms with Gasteiger partial charge in [-0.3, -0.25) is 0 Å². The second kappa shape index (κ2) is 6.79. The van der Waals surface area contributed by atoms with Crippen LogP contribution in [-0.4, -0.2) is 47.0 Å². The number of carbonyl (C=O) groups is 1. The number of likely N-dealkylation sites (tertiary alicyclic amines) is 1. The molecule has 0 aliphatic carbocycles. The van der Waals surface area contributed by atoms with Crippen LogP contribution in [-0.2, 0) is 0 Å². The third-order valence-corrected chi connectivity index (χ3v) is 3.29. The van der Waals surface area contributed by atoms with Gasteiger partial charge in [-0.2, -0.15) is 0 Å². The Kier molecular flexibility index (Phi) is 5.68. The number of hydrogen-bond acceptors (Lipinski definition) is 2. The van der Waals surface area contributed by atoms with Crippen LogP contribution in [0.4, 0.5) is 4.79 Å². The average molecular weight is 257 g/mol. The lowest BCUT2D eigenvalue weighted by atomic mass is 9.99. The third kappa shape index (κ3) is 4.50. The van der Waals surface area contributed by atoms with Gasteiger partial charge in [0, 0.05) is 19.6 Å². The van der Waals surface area contributed by atoms with Crippen LogP contribution in [0.5, 0.6) is 0 Å². The van der Waals surface area contributed by atoms with Crippen LogP contribution >= 0.6 is 12.2 Å². The molecule has 5 heteroatoms. The molecule has 0 bridgehead atoms. The van der Waals surface area contributed by atoms with Gasteiger partial charge in [0.1, 0.15) is 0 Å². The standard InChI is InChI=1S/C12H23N3OS/c1-3-6-15(9-11(13)17)12(16)14-7-4-10(2)5-8-14/h10H,3-9H2,1-2H3,(H2,13,17). The summed E-state index contributed by atoms with van der Waals surface area (Å²) in [6, 6.07) is 0.0894. The molecule has 2 amide bonds. The van der Waals surface area contributed by atoms with E-state index in [0.29, 0.717) is 11.5 Å². The SMILES string of the molecule is CCCN(CC(N)=S)C(=O)N1CCC(C)CC1. The lowest BCUT2D eigenvalue weighted by Crippen LogP contribution is -2.48. The molecule has 1 heterocycles. The third-order valence-electron chi connectivity index (χ3n) is 3.16. The van der Waals surface area contributed by atoms with Gasteiger partial charge in [-0.1, -0.05) is 26.1 Å². The van der Waals surface area contributed by atoms with Gasteiger partial charge in [0.15, 0.2) is 0 Å². The quantitative estimate of drug-likeness (QED) is 0.782. The van der Waals surface area contributed by atoms with Gasteiger partial charge < -0.3 is 15.5 Å². The zero-order valence-corrected chi connectivity index (χ0v) is 11.6. The molecule has 0 aromatic carbocycles. The van der Waals surface area contributed by atoms with E-state index in [0.717, 1.165) is 44.8 Å². The van der Waals surface area contributed by atoms with Gasteiger partial charge in [0.05, 0.1) is 11.5 Å². The highest BCUT2D eigenvalue weighted by Gasteiger charge is 2.24. The molecule has 0 aromatic rings. The maximum absolute atomic E-state index is 12.3. The minimum Gasteiger partial charge on any atom is -0.392 e. The van der Waals surface area contributed by atoms with E-state index in [1.54, 1.807) is 4.90 Å². The van der Waals surface area contributed by atoms with Crippen molar-refractivity contribution >= 4 is 23.2 Å². The Hall–Kier alpha value is -0.840. The number of urea groups is 1. The highest BCUT2D eigenvalue weighted by molar-refractivity contribution is 7.80. The van der Waals surface area contributed by atoms with E-state index in [1.807, 2.05) is 4.90 Å². The number of nitrogens with zero attached hydrogens (tertiary/aromatic N) is 2. The highest BCUT2D eigenvalue weighted by Crippen LogP contribution is 2.17. The van der Waals surface area contributed by atoms with Crippen LogP contribution in [0.3, 0.4) is 0 Å². The first kappa shape index (κ1) is 14.2. The van der Waals surface area contributed by atoms with Crippen molar-refractivity contribution in [2.24, 2.45) is 11.7 Å². The zero-order valence-electron chi connectivity index (χ0n) is 10.8. The first-order valence-corrected chi connectivity index (χ1v) is 6.77. The van der Waals surface area contributed by atoms with Crippen LogP contribution in [0.2, 0.25) is 0 Å². The molecule has 0 unspecified atom stereocenters. The summed E-state index contributed by atoms with van der Waals surface area (Å²) in [5.74, 6) is 0.731. The summed E-state index contributed by atoms with van der Waals surface area (Å²) in [5, 5.41) is 0. The van der Waals surface area contributed by atoms with Crippen molar-refractivity contribution in [2.45, 2.75) is 33.1 Å². The molecule has 0 radical (unpaired) electrons. The number of rotatable bonds is 4. The number of hydrogen-bond donors (Lipinski definition) is 1. The monoisotopic (exact) mass is 257 g/mol. The Morgan fingerprint density at radius 2 is 2.06 bits per heavy atom. The van der Waals surface area contributed by atoms with Crippen molar-refractivity contribution in [3.8, 4) is 0 Å². The van der Waals surface area contributed by atoms with Crippen LogP contribution in [0.25, 0.3) is 0 Å². The van der Waals surface area contributed by atoms with E-state index in [1.165, 1.54) is 0 Å². The lowest BCUT2D eigenvalue weighted by molar-refractivity contribution is 0.140. The molecule has 17 heavy (non-hydrogen) atoms. The van der Waals surface area contributed by atoms with E-state index in [4.69, 9.17) is 18.0 Å². The van der Waals surface area contributed by atoms with E-state index >= 15 is 0 Å². The molecule has 0 saturated carbocycles. The largest absolute Gasteiger partial charge is 0.392 e. The number of thiocarbonyl (C=S) groups is 1. The molecule has 98 valence electrons. The van der Waals surface area contributed by atoms with Crippen molar-refractivity contribution in [3.05, 3.63) is 0 Å². The fourth-order valence-corrected chi connectivity index (χ4v) is 2.26. The van der Waals surface area contributed by atoms with Crippen molar-refractivity contribution in [1.82, 2.24) is 9.80 Å². The topological polar surface area (TPSA) is 49.6 Å². The van der Waals surface area contributed by atoms with Crippen LogP contribution in [0, 0.1) is 5.92 Å². The number of nitrogens with two attached hydrogens (primary N) is 1. The maximum atomic E-state index is 12.3. The van der Waals surface area contributed by atoms with E-state index < -0.39 is 0 Å². The fourth-order valence-electron chi connectivity index (χ4n) is 2.10. The zero-order chi connectivity index (χ0) is 12.8. The molecule has 0 atom stereocenters. The van der Waals surface area contributed by atoms with Gasteiger partial charge in [0.2, 0.25) is 0 Å². The van der Waals surface area contributed by atoms with E-state index in [9.17, 15) is 4.79 Å². The summed E-state index contributed by atoms with van der Waals surface area (Å²) in [5.41, 5.74) is 5.53. The van der Waals surface area contributed by atoms with Crippen LogP contribution in [0.15, 0.2) is 0 Å². The average Bonchev–Trinajstić information content (AvgIpc) is 2.28. The Labute approximate surface area is 109 Å². The smallest absolute Gasteiger partial charge is 0.320 e. The summed E-state index contributed by atoms with van der Waals surface area (Å²) < 4.78 is 0. The number of piperidine rings is 1. The summed E-state index contributed by atoms with van der Waals surface area (Å²) in [6.07, 6.45) is 3.12. The predicted molar refractivity (Wildman–Crippen MR) is 74.0 cm³/mol. The molecule has 4 nitrogen and oxygen atoms in total. The Morgan fingerprint density at radius 3 is 2.53 bits per heavy atom. The van der Waals surface area contributed by atoms with E-state index in [-0.39, 0.29) is 6.03 Å². The first-order chi connectivity index (χ1) is 8.04. The van der Waals surface area contributed by atoms with Crippen molar-refractivity contribution in [3.63, 3.8) is 0 Å². The number of carbonyl (C=O) groups excluding carboxylic acids is 1. The molecule has 1 saturated heterocycles. The summed E-state index contributed by atoms with van der Waals surface area (Å²) in [7, 11) is 0. The molecule has 1 aliphatic heterocycles. The normalized spacial score (nSPS) is 16.9. The molecule has 1 aliphatic rings. The molecular weight excluding hydrogens is 234 g/mol. The van der Waals surface area contributed by atoms with Crippen LogP contribution < -0.4 is 5.73 Å². The van der Waals surface area contributed by atoms with Gasteiger partial charge in [-0.05, 0) is 25.2 Å². The highest BCUT2D eigenvalue weighted by atomic mass is 32.1. The number of amides is 2. The molecule has 2 N–H and O–H groups in total. The van der Waals surface area contributed by atoms with Gasteiger partial charge in [-0.15, -0.1) is 0 Å². The Balaban J connectivity index is 2.54. The first-order valence-electron chi connectivity index (χ1n) is 6.36. The van der Waals surface area contributed by atoms with Crippen molar-refractivity contribution < 1.29 is 4.79 Å². The maximum Gasteiger partial charge on any atom is 0.320 e. The Morgan fingerprint density at radius 1 is 1.47 bits per heavy atom. The fraction of sp³-hybridized carbons (Fsp3) is 0.833. The molecule has 0 aromatic heterocycles. The Bertz CT molecular complexity index is 275. The minimum atomic E-state index is 0.0894. The van der Waals surface area contributed by atoms with E-state index in [2.05, 4.69) is 13.8 Å². The summed E-state index contributed by atoms with van der Waals surface area (Å²) in [6.45, 7) is 7.13. The second-order valence-corrected chi connectivity index (χ2v) is 5.36. The summed E-state index contributed by atoms with van der Waals surface area (Å²) >= 11 is 4.89. The predicted octanol–water partition coefficient (Wildman–Crippen LogP) is 1.84. The molecule has 0 spiro atoms. The van der Waals surface area contributed by atoms with Gasteiger partial charge in [-0.25, -0.2) is 4.79 Å². The van der Waals surface area contributed by atoms with Gasteiger partial charge in [0.25, 0.3) is 0 Å². The van der Waals surface area contributed by atoms with Crippen LogP contribution in [0.1, 0.15) is 33.1 Å². The molecular formula is C12H23N3OS. The summed E-state index contributed by atoms with van der Waals surface area (Å²) in [4.78, 5) is 16.3.